The molecule has 2 aromatic carbocycles. The van der Waals surface area contributed by atoms with Crippen LogP contribution in [0.5, 0.6) is 0 Å². The van der Waals surface area contributed by atoms with Crippen LogP contribution in [0.4, 0.5) is 22.0 Å². The lowest BCUT2D eigenvalue weighted by molar-refractivity contribution is -0.383. The van der Waals surface area contributed by atoms with Crippen LogP contribution >= 0.6 is 0 Å². The number of ether oxygens (including phenoxy) is 2. The van der Waals surface area contributed by atoms with Crippen LogP contribution < -0.4 is 10.6 Å². The van der Waals surface area contributed by atoms with E-state index in [0.717, 1.165) is 11.1 Å². The lowest BCUT2D eigenvalue weighted by Gasteiger charge is -2.27. The van der Waals surface area contributed by atoms with Gasteiger partial charge in [0, 0.05) is 45.4 Å². The van der Waals surface area contributed by atoms with Gasteiger partial charge in [0.1, 0.15) is 11.3 Å². The van der Waals surface area contributed by atoms with Gasteiger partial charge in [0.2, 0.25) is 5.82 Å². The molecule has 0 aliphatic heterocycles. The highest BCUT2D eigenvalue weighted by atomic mass is 16.6. The van der Waals surface area contributed by atoms with Gasteiger partial charge < -0.3 is 25.0 Å². The quantitative estimate of drug-likeness (QED) is 0.213. The van der Waals surface area contributed by atoms with Crippen LogP contribution in [-0.2, 0) is 29.0 Å². The Labute approximate surface area is 229 Å². The van der Waals surface area contributed by atoms with Crippen molar-refractivity contribution >= 4 is 23.3 Å². The second kappa shape index (κ2) is 14.1. The standard InChI is InChI=1S/C29H37N5O5/c1-29(2,3)39-28(35)33(17-18-38-4)16-15-24-19-25(30-20-22-11-7-5-8-12-22)26(34(36)37)27(32-24)31-21-23-13-9-6-10-14-23/h5-14,19H,15-18,20-21H2,1-4H3,(H2,30,31,32). The molecule has 0 aliphatic carbocycles. The molecular formula is C29H37N5O5. The van der Waals surface area contributed by atoms with E-state index >= 15 is 0 Å². The van der Waals surface area contributed by atoms with Crippen LogP contribution in [0.2, 0.25) is 0 Å². The fraction of sp³-hybridized carbons (Fsp3) is 0.379. The molecule has 0 unspecified atom stereocenters. The van der Waals surface area contributed by atoms with Gasteiger partial charge in [-0.15, -0.1) is 0 Å². The van der Waals surface area contributed by atoms with Gasteiger partial charge in [-0.25, -0.2) is 9.78 Å². The van der Waals surface area contributed by atoms with Gasteiger partial charge in [0.05, 0.1) is 11.5 Å². The summed E-state index contributed by atoms with van der Waals surface area (Å²) >= 11 is 0. The highest BCUT2D eigenvalue weighted by Gasteiger charge is 2.25. The first kappa shape index (κ1) is 29.4. The molecule has 208 valence electrons. The Balaban J connectivity index is 1.89. The molecule has 0 fully saturated rings. The van der Waals surface area contributed by atoms with Crippen molar-refractivity contribution < 1.29 is 19.2 Å². The van der Waals surface area contributed by atoms with E-state index in [1.807, 2.05) is 81.4 Å². The molecule has 1 aromatic heterocycles. The van der Waals surface area contributed by atoms with E-state index in [0.29, 0.717) is 50.6 Å². The van der Waals surface area contributed by atoms with Gasteiger partial charge >= 0.3 is 11.8 Å². The van der Waals surface area contributed by atoms with Gasteiger partial charge in [-0.05, 0) is 38.0 Å². The molecule has 0 spiro atoms. The third-order valence-electron chi connectivity index (χ3n) is 5.71. The SMILES string of the molecule is COCCN(CCc1cc(NCc2ccccc2)c([N+](=O)[O-])c(NCc2ccccc2)n1)C(=O)OC(C)(C)C. The topological polar surface area (TPSA) is 119 Å². The number of methoxy groups -OCH3 is 1. The predicted octanol–water partition coefficient (Wildman–Crippen LogP) is 5.64. The number of benzene rings is 2. The molecule has 0 saturated heterocycles. The van der Waals surface area contributed by atoms with Crippen LogP contribution in [0.15, 0.2) is 66.7 Å². The number of aromatic nitrogens is 1. The van der Waals surface area contributed by atoms with E-state index in [-0.39, 0.29) is 11.5 Å². The molecule has 0 bridgehead atoms. The van der Waals surface area contributed by atoms with Gasteiger partial charge in [0.25, 0.3) is 0 Å². The molecule has 1 heterocycles. The summed E-state index contributed by atoms with van der Waals surface area (Å²) in [5.41, 5.74) is 2.13. The molecule has 39 heavy (non-hydrogen) atoms. The summed E-state index contributed by atoms with van der Waals surface area (Å²) in [6.07, 6.45) is -0.0904. The summed E-state index contributed by atoms with van der Waals surface area (Å²) in [5.74, 6) is 0.164. The molecule has 2 N–H and O–H groups in total. The number of amides is 1. The average molecular weight is 536 g/mol. The van der Waals surface area contributed by atoms with E-state index in [9.17, 15) is 14.9 Å². The Bertz CT molecular complexity index is 1150. The van der Waals surface area contributed by atoms with Gasteiger partial charge in [-0.1, -0.05) is 60.7 Å². The van der Waals surface area contributed by atoms with Crippen molar-refractivity contribution in [3.63, 3.8) is 0 Å². The average Bonchev–Trinajstić information content (AvgIpc) is 2.90. The summed E-state index contributed by atoms with van der Waals surface area (Å²) in [4.78, 5) is 30.7. The zero-order valence-electron chi connectivity index (χ0n) is 23.0. The Morgan fingerprint density at radius 2 is 1.56 bits per heavy atom. The van der Waals surface area contributed by atoms with E-state index in [2.05, 4.69) is 15.6 Å². The van der Waals surface area contributed by atoms with Crippen molar-refractivity contribution in [2.75, 3.05) is 37.4 Å². The maximum absolute atomic E-state index is 12.8. The number of nitrogens with one attached hydrogen (secondary N) is 2. The predicted molar refractivity (Wildman–Crippen MR) is 152 cm³/mol. The Morgan fingerprint density at radius 3 is 2.10 bits per heavy atom. The fourth-order valence-electron chi connectivity index (χ4n) is 3.81. The minimum atomic E-state index is -0.642. The van der Waals surface area contributed by atoms with Crippen molar-refractivity contribution in [3.05, 3.63) is 93.7 Å². The van der Waals surface area contributed by atoms with Crippen molar-refractivity contribution in [3.8, 4) is 0 Å². The number of carbonyl (C=O) groups excluding carboxylic acids is 1. The molecule has 0 radical (unpaired) electrons. The molecule has 10 heteroatoms. The van der Waals surface area contributed by atoms with Crippen molar-refractivity contribution in [1.82, 2.24) is 9.88 Å². The maximum Gasteiger partial charge on any atom is 0.410 e. The van der Waals surface area contributed by atoms with E-state index in [1.165, 1.54) is 0 Å². The van der Waals surface area contributed by atoms with Crippen molar-refractivity contribution in [2.24, 2.45) is 0 Å². The number of carbonyl (C=O) groups is 1. The summed E-state index contributed by atoms with van der Waals surface area (Å²) < 4.78 is 10.7. The lowest BCUT2D eigenvalue weighted by atomic mass is 10.1. The number of hydrogen-bond donors (Lipinski definition) is 2. The molecule has 0 aliphatic rings. The minimum absolute atomic E-state index is 0.131. The highest BCUT2D eigenvalue weighted by Crippen LogP contribution is 2.33. The van der Waals surface area contributed by atoms with Crippen LogP contribution in [0.3, 0.4) is 0 Å². The minimum Gasteiger partial charge on any atom is -0.444 e. The van der Waals surface area contributed by atoms with Gasteiger partial charge in [-0.3, -0.25) is 10.1 Å². The smallest absolute Gasteiger partial charge is 0.410 e. The van der Waals surface area contributed by atoms with Gasteiger partial charge in [-0.2, -0.15) is 0 Å². The first-order chi connectivity index (χ1) is 18.7. The summed E-state index contributed by atoms with van der Waals surface area (Å²) in [7, 11) is 1.57. The number of hydrogen-bond acceptors (Lipinski definition) is 8. The van der Waals surface area contributed by atoms with E-state index < -0.39 is 16.6 Å². The number of pyridine rings is 1. The zero-order chi connectivity index (χ0) is 28.3. The van der Waals surface area contributed by atoms with Crippen LogP contribution in [0.1, 0.15) is 37.6 Å². The number of anilines is 2. The second-order valence-electron chi connectivity index (χ2n) is 10.0. The maximum atomic E-state index is 12.8. The fourth-order valence-corrected chi connectivity index (χ4v) is 3.81. The molecular weight excluding hydrogens is 498 g/mol. The molecule has 0 atom stereocenters. The number of nitrogens with zero attached hydrogens (tertiary/aromatic N) is 3. The first-order valence-corrected chi connectivity index (χ1v) is 12.9. The van der Waals surface area contributed by atoms with Gasteiger partial charge in [0.15, 0.2) is 0 Å². The van der Waals surface area contributed by atoms with Crippen LogP contribution in [0.25, 0.3) is 0 Å². The summed E-state index contributed by atoms with van der Waals surface area (Å²) in [6.45, 7) is 7.21. The molecule has 1 amide bonds. The third kappa shape index (κ3) is 9.57. The monoisotopic (exact) mass is 535 g/mol. The largest absolute Gasteiger partial charge is 0.444 e. The van der Waals surface area contributed by atoms with Crippen LogP contribution in [0, 0.1) is 10.1 Å². The Hall–Kier alpha value is -4.18. The second-order valence-corrected chi connectivity index (χ2v) is 10.0. The molecule has 0 saturated carbocycles. The highest BCUT2D eigenvalue weighted by molar-refractivity contribution is 5.74. The normalized spacial score (nSPS) is 11.1. The zero-order valence-corrected chi connectivity index (χ0v) is 23.0. The molecule has 3 aromatic rings. The number of nitro groups is 1. The Morgan fingerprint density at radius 1 is 0.974 bits per heavy atom. The lowest BCUT2D eigenvalue weighted by Crippen LogP contribution is -2.39. The van der Waals surface area contributed by atoms with Crippen molar-refractivity contribution in [2.45, 2.75) is 45.9 Å². The molecule has 3 rings (SSSR count). The van der Waals surface area contributed by atoms with Crippen molar-refractivity contribution in [1.29, 1.82) is 0 Å². The van der Waals surface area contributed by atoms with Crippen LogP contribution in [-0.4, -0.2) is 53.3 Å². The van der Waals surface area contributed by atoms with E-state index in [4.69, 9.17) is 9.47 Å². The Kier molecular flexibility index (Phi) is 10.6. The number of rotatable bonds is 13. The molecule has 10 nitrogen and oxygen atoms in total. The first-order valence-electron chi connectivity index (χ1n) is 12.9. The third-order valence-corrected chi connectivity index (χ3v) is 5.71. The van der Waals surface area contributed by atoms with E-state index in [1.54, 1.807) is 18.1 Å². The summed E-state index contributed by atoms with van der Waals surface area (Å²) in [5, 5.41) is 18.6. The summed E-state index contributed by atoms with van der Waals surface area (Å²) in [6, 6.07) is 20.9.